The molecule has 1 aromatic heterocycles. The standard InChI is InChI=1S/C36H26BrF3N2O7S/c1-3-48-34(46)29-30(28-23-7-5-4-6-21(23)13-15-26(28)47-2)42-32(43)27(50-35(42)41-31(29)36(38,39)40)17-20-10-14-25(24(37)16-20)49-18-19-8-11-22(12-9-19)33(44)45/h4-17,30H,3,18H2,1-2H3,(H,44,45)/b27-17+/t30-/m0/s1. The number of ether oxygens (including phenoxy) is 3. The third kappa shape index (κ3) is 6.68. The van der Waals surface area contributed by atoms with Crippen molar-refractivity contribution in [3.63, 3.8) is 0 Å². The van der Waals surface area contributed by atoms with Crippen LogP contribution >= 0.6 is 27.3 Å². The molecule has 6 rings (SSSR count). The summed E-state index contributed by atoms with van der Waals surface area (Å²) in [5, 5.41) is 10.2. The first-order chi connectivity index (χ1) is 23.9. The summed E-state index contributed by atoms with van der Waals surface area (Å²) in [6.45, 7) is 1.42. The fourth-order valence-electron chi connectivity index (χ4n) is 5.63. The Balaban J connectivity index is 1.48. The maximum absolute atomic E-state index is 14.7. The van der Waals surface area contributed by atoms with Crippen molar-refractivity contribution in [3.8, 4) is 11.5 Å². The van der Waals surface area contributed by atoms with Crippen LogP contribution in [0, 0.1) is 0 Å². The van der Waals surface area contributed by atoms with Crippen LogP contribution in [0.5, 0.6) is 11.5 Å². The highest BCUT2D eigenvalue weighted by atomic mass is 79.9. The van der Waals surface area contributed by atoms with E-state index in [4.69, 9.17) is 19.3 Å². The highest BCUT2D eigenvalue weighted by Crippen LogP contribution is 2.43. The van der Waals surface area contributed by atoms with E-state index < -0.39 is 41.0 Å². The van der Waals surface area contributed by atoms with E-state index in [-0.39, 0.29) is 39.4 Å². The number of aromatic nitrogens is 1. The number of thiazole rings is 1. The Kier molecular flexibility index (Phi) is 9.67. The zero-order valence-electron chi connectivity index (χ0n) is 26.3. The van der Waals surface area contributed by atoms with Crippen molar-refractivity contribution in [2.24, 2.45) is 4.99 Å². The van der Waals surface area contributed by atoms with E-state index in [1.54, 1.807) is 66.7 Å². The van der Waals surface area contributed by atoms with Gasteiger partial charge in [-0.3, -0.25) is 9.36 Å². The molecule has 1 aliphatic heterocycles. The number of carboxylic acid groups (broad SMARTS) is 1. The van der Waals surface area contributed by atoms with Crippen LogP contribution in [0.1, 0.15) is 40.0 Å². The van der Waals surface area contributed by atoms with Crippen LogP contribution in [0.2, 0.25) is 0 Å². The second kappa shape index (κ2) is 14.0. The lowest BCUT2D eigenvalue weighted by Gasteiger charge is -2.28. The number of fused-ring (bicyclic) bond motifs is 2. The van der Waals surface area contributed by atoms with Crippen molar-refractivity contribution in [2.75, 3.05) is 13.7 Å². The van der Waals surface area contributed by atoms with Crippen LogP contribution in [0.15, 0.2) is 104 Å². The van der Waals surface area contributed by atoms with E-state index in [2.05, 4.69) is 20.9 Å². The first kappa shape index (κ1) is 34.6. The predicted octanol–water partition coefficient (Wildman–Crippen LogP) is 6.54. The molecule has 0 unspecified atom stereocenters. The minimum absolute atomic E-state index is 0.0682. The molecule has 1 atom stereocenters. The van der Waals surface area contributed by atoms with Crippen molar-refractivity contribution < 1.29 is 42.1 Å². The number of aromatic carboxylic acids is 1. The molecule has 0 bridgehead atoms. The van der Waals surface area contributed by atoms with Gasteiger partial charge in [0.2, 0.25) is 0 Å². The third-order valence-electron chi connectivity index (χ3n) is 7.87. The summed E-state index contributed by atoms with van der Waals surface area (Å²) in [5.74, 6) is -1.66. The quantitative estimate of drug-likeness (QED) is 0.170. The number of carbonyl (C=O) groups is 2. The number of hydrogen-bond donors (Lipinski definition) is 1. The third-order valence-corrected chi connectivity index (χ3v) is 9.47. The molecular formula is C36H26BrF3N2O7S. The van der Waals surface area contributed by atoms with Gasteiger partial charge in [0.1, 0.15) is 24.1 Å². The van der Waals surface area contributed by atoms with E-state index >= 15 is 0 Å². The van der Waals surface area contributed by atoms with Gasteiger partial charge in [0.15, 0.2) is 10.5 Å². The van der Waals surface area contributed by atoms with Gasteiger partial charge in [-0.2, -0.15) is 13.2 Å². The summed E-state index contributed by atoms with van der Waals surface area (Å²) in [6.07, 6.45) is -3.55. The lowest BCUT2D eigenvalue weighted by molar-refractivity contribution is -0.140. The van der Waals surface area contributed by atoms with Gasteiger partial charge < -0.3 is 19.3 Å². The second-order valence-electron chi connectivity index (χ2n) is 10.9. The molecular weight excluding hydrogens is 741 g/mol. The molecule has 0 fully saturated rings. The van der Waals surface area contributed by atoms with Crippen molar-refractivity contribution in [3.05, 3.63) is 137 Å². The molecule has 5 aromatic rings. The summed E-state index contributed by atoms with van der Waals surface area (Å²) < 4.78 is 62.4. The highest BCUT2D eigenvalue weighted by Gasteiger charge is 2.46. The summed E-state index contributed by atoms with van der Waals surface area (Å²) in [4.78, 5) is 42.3. The number of alkyl halides is 3. The topological polar surface area (TPSA) is 116 Å². The fraction of sp³-hybridized carbons (Fsp3) is 0.167. The summed E-state index contributed by atoms with van der Waals surface area (Å²) in [7, 11) is 1.36. The van der Waals surface area contributed by atoms with Crippen LogP contribution in [0.3, 0.4) is 0 Å². The fourth-order valence-corrected chi connectivity index (χ4v) is 7.14. The molecule has 9 nitrogen and oxygen atoms in total. The van der Waals surface area contributed by atoms with E-state index in [0.29, 0.717) is 26.6 Å². The van der Waals surface area contributed by atoms with Crippen molar-refractivity contribution in [1.29, 1.82) is 0 Å². The predicted molar refractivity (Wildman–Crippen MR) is 183 cm³/mol. The summed E-state index contributed by atoms with van der Waals surface area (Å²) in [6, 6.07) is 19.9. The number of carbonyl (C=O) groups excluding carboxylic acids is 1. The number of hydrogen-bond acceptors (Lipinski definition) is 8. The van der Waals surface area contributed by atoms with E-state index in [9.17, 15) is 27.6 Å². The van der Waals surface area contributed by atoms with Gasteiger partial charge in [-0.05, 0) is 81.2 Å². The molecule has 0 spiro atoms. The van der Waals surface area contributed by atoms with Gasteiger partial charge in [-0.15, -0.1) is 0 Å². The first-order valence-electron chi connectivity index (χ1n) is 15.0. The first-order valence-corrected chi connectivity index (χ1v) is 16.6. The van der Waals surface area contributed by atoms with Gasteiger partial charge in [-0.1, -0.05) is 59.9 Å². The Bertz CT molecular complexity index is 2370. The number of halogens is 4. The molecule has 0 radical (unpaired) electrons. The largest absolute Gasteiger partial charge is 0.496 e. The lowest BCUT2D eigenvalue weighted by Crippen LogP contribution is -2.41. The zero-order chi connectivity index (χ0) is 35.7. The monoisotopic (exact) mass is 766 g/mol. The van der Waals surface area contributed by atoms with Gasteiger partial charge >= 0.3 is 18.1 Å². The van der Waals surface area contributed by atoms with Gasteiger partial charge in [0.05, 0.1) is 33.9 Å². The van der Waals surface area contributed by atoms with Crippen LogP contribution < -0.4 is 24.4 Å². The van der Waals surface area contributed by atoms with Crippen LogP contribution in [-0.4, -0.2) is 41.5 Å². The van der Waals surface area contributed by atoms with E-state index in [1.807, 2.05) is 0 Å². The van der Waals surface area contributed by atoms with Gasteiger partial charge in [0.25, 0.3) is 5.56 Å². The zero-order valence-corrected chi connectivity index (χ0v) is 28.7. The average Bonchev–Trinajstić information content (AvgIpc) is 3.40. The molecule has 256 valence electrons. The minimum atomic E-state index is -5.06. The molecule has 4 aromatic carbocycles. The number of methoxy groups -OCH3 is 1. The average molecular weight is 768 g/mol. The number of benzene rings is 4. The Labute approximate surface area is 294 Å². The molecule has 0 saturated heterocycles. The number of esters is 1. The lowest BCUT2D eigenvalue weighted by atomic mass is 9.90. The van der Waals surface area contributed by atoms with Crippen LogP contribution in [0.25, 0.3) is 16.8 Å². The Morgan fingerprint density at radius 1 is 1.04 bits per heavy atom. The van der Waals surface area contributed by atoms with Crippen LogP contribution in [0.4, 0.5) is 13.2 Å². The molecule has 14 heteroatoms. The van der Waals surface area contributed by atoms with Crippen molar-refractivity contribution in [2.45, 2.75) is 25.7 Å². The SMILES string of the molecule is CCOC(=O)C1=C(C(F)(F)F)N=c2s/c(=C/c3ccc(OCc4ccc(C(=O)O)cc4)c(Br)c3)c(=O)n2[C@H]1c1c(OC)ccc2ccccc12. The Morgan fingerprint density at radius 2 is 1.76 bits per heavy atom. The van der Waals surface area contributed by atoms with Gasteiger partial charge in [-0.25, -0.2) is 14.6 Å². The van der Waals surface area contributed by atoms with E-state index in [1.165, 1.54) is 32.2 Å². The molecule has 0 aliphatic carbocycles. The van der Waals surface area contributed by atoms with Crippen molar-refractivity contribution >= 4 is 56.1 Å². The molecule has 0 amide bonds. The maximum Gasteiger partial charge on any atom is 0.434 e. The summed E-state index contributed by atoms with van der Waals surface area (Å²) in [5.41, 5.74) is -1.35. The maximum atomic E-state index is 14.7. The molecule has 1 aliphatic rings. The Hall–Kier alpha value is -5.21. The summed E-state index contributed by atoms with van der Waals surface area (Å²) >= 11 is 4.22. The van der Waals surface area contributed by atoms with Crippen LogP contribution in [-0.2, 0) is 16.1 Å². The number of nitrogens with zero attached hydrogens (tertiary/aromatic N) is 2. The Morgan fingerprint density at radius 3 is 2.42 bits per heavy atom. The number of allylic oxidation sites excluding steroid dienone is 1. The highest BCUT2D eigenvalue weighted by molar-refractivity contribution is 9.10. The normalized spacial score (nSPS) is 14.7. The molecule has 50 heavy (non-hydrogen) atoms. The second-order valence-corrected chi connectivity index (χ2v) is 12.8. The van der Waals surface area contributed by atoms with Crippen molar-refractivity contribution in [1.82, 2.24) is 4.57 Å². The smallest absolute Gasteiger partial charge is 0.434 e. The van der Waals surface area contributed by atoms with E-state index in [0.717, 1.165) is 21.5 Å². The number of rotatable bonds is 9. The molecule has 2 heterocycles. The number of carboxylic acids is 1. The molecule has 0 saturated carbocycles. The minimum Gasteiger partial charge on any atom is -0.496 e. The molecule has 1 N–H and O–H groups in total. The van der Waals surface area contributed by atoms with Gasteiger partial charge in [0, 0.05) is 5.56 Å².